The summed E-state index contributed by atoms with van der Waals surface area (Å²) in [5, 5.41) is 2.94. The molecular formula is C18H21FN2OS2. The van der Waals surface area contributed by atoms with Gasteiger partial charge >= 0.3 is 0 Å². The molecule has 6 heteroatoms. The maximum atomic E-state index is 12.8. The standard InChI is InChI=1S/C18H21FN2OS2/c19-15-5-7-17(8-6-15)24-12-3-11-21-18(22)9-13-23-14-16-4-1-2-10-20-16/h1-2,4-8,10H,3,9,11-14H2,(H,21,22). The second-order valence-electron chi connectivity index (χ2n) is 5.13. The normalized spacial score (nSPS) is 10.5. The molecule has 0 fully saturated rings. The molecule has 0 atom stereocenters. The number of hydrogen-bond donors (Lipinski definition) is 1. The Morgan fingerprint density at radius 3 is 2.71 bits per heavy atom. The van der Waals surface area contributed by atoms with E-state index in [0.29, 0.717) is 13.0 Å². The highest BCUT2D eigenvalue weighted by atomic mass is 32.2. The first-order valence-electron chi connectivity index (χ1n) is 7.87. The van der Waals surface area contributed by atoms with Gasteiger partial charge in [0.05, 0.1) is 5.69 Å². The Morgan fingerprint density at radius 1 is 1.12 bits per heavy atom. The van der Waals surface area contributed by atoms with Gasteiger partial charge in [-0.05, 0) is 48.6 Å². The summed E-state index contributed by atoms with van der Waals surface area (Å²) >= 11 is 3.39. The number of carbonyl (C=O) groups excluding carboxylic acids is 1. The van der Waals surface area contributed by atoms with E-state index in [1.165, 1.54) is 12.1 Å². The summed E-state index contributed by atoms with van der Waals surface area (Å²) in [4.78, 5) is 17.0. The van der Waals surface area contributed by atoms with Crippen molar-refractivity contribution in [3.05, 3.63) is 60.2 Å². The number of benzene rings is 1. The van der Waals surface area contributed by atoms with Crippen LogP contribution in [-0.4, -0.2) is 28.9 Å². The minimum Gasteiger partial charge on any atom is -0.356 e. The zero-order chi connectivity index (χ0) is 17.0. The quantitative estimate of drug-likeness (QED) is 0.508. The van der Waals surface area contributed by atoms with E-state index in [4.69, 9.17) is 0 Å². The van der Waals surface area contributed by atoms with Crippen LogP contribution in [0.1, 0.15) is 18.5 Å². The van der Waals surface area contributed by atoms with E-state index in [0.717, 1.165) is 34.3 Å². The van der Waals surface area contributed by atoms with Gasteiger partial charge < -0.3 is 5.32 Å². The first-order chi connectivity index (χ1) is 11.7. The second kappa shape index (κ2) is 11.1. The average Bonchev–Trinajstić information content (AvgIpc) is 2.61. The number of rotatable bonds is 10. The van der Waals surface area contributed by atoms with Crippen molar-refractivity contribution in [2.45, 2.75) is 23.5 Å². The van der Waals surface area contributed by atoms with Crippen LogP contribution in [0.5, 0.6) is 0 Å². The summed E-state index contributed by atoms with van der Waals surface area (Å²) in [7, 11) is 0. The van der Waals surface area contributed by atoms with Gasteiger partial charge in [0.25, 0.3) is 0 Å². The molecule has 2 aromatic rings. The van der Waals surface area contributed by atoms with Crippen molar-refractivity contribution >= 4 is 29.4 Å². The Morgan fingerprint density at radius 2 is 1.96 bits per heavy atom. The Balaban J connectivity index is 1.47. The highest BCUT2D eigenvalue weighted by Gasteiger charge is 2.02. The Labute approximate surface area is 150 Å². The van der Waals surface area contributed by atoms with Gasteiger partial charge in [0, 0.05) is 35.6 Å². The minimum absolute atomic E-state index is 0.0929. The van der Waals surface area contributed by atoms with Crippen molar-refractivity contribution in [3.8, 4) is 0 Å². The third kappa shape index (κ3) is 7.84. The van der Waals surface area contributed by atoms with Crippen LogP contribution in [-0.2, 0) is 10.5 Å². The summed E-state index contributed by atoms with van der Waals surface area (Å²) in [6.45, 7) is 0.679. The molecule has 0 unspecified atom stereocenters. The second-order valence-corrected chi connectivity index (χ2v) is 7.40. The van der Waals surface area contributed by atoms with E-state index in [-0.39, 0.29) is 11.7 Å². The molecule has 1 N–H and O–H groups in total. The maximum Gasteiger partial charge on any atom is 0.220 e. The largest absolute Gasteiger partial charge is 0.356 e. The molecule has 0 aliphatic carbocycles. The summed E-state index contributed by atoms with van der Waals surface area (Å²) in [5.74, 6) is 2.41. The zero-order valence-corrected chi connectivity index (χ0v) is 15.0. The lowest BCUT2D eigenvalue weighted by Crippen LogP contribution is -2.25. The molecule has 24 heavy (non-hydrogen) atoms. The predicted molar refractivity (Wildman–Crippen MR) is 99.8 cm³/mol. The van der Waals surface area contributed by atoms with E-state index in [2.05, 4.69) is 10.3 Å². The van der Waals surface area contributed by atoms with Gasteiger partial charge in [-0.15, -0.1) is 11.8 Å². The summed E-state index contributed by atoms with van der Waals surface area (Å²) in [5.41, 5.74) is 1.04. The monoisotopic (exact) mass is 364 g/mol. The van der Waals surface area contributed by atoms with Crippen LogP contribution in [0.3, 0.4) is 0 Å². The van der Waals surface area contributed by atoms with Crippen LogP contribution in [0, 0.1) is 5.82 Å². The number of nitrogens with zero attached hydrogens (tertiary/aromatic N) is 1. The molecule has 0 aliphatic heterocycles. The fraction of sp³-hybridized carbons (Fsp3) is 0.333. The van der Waals surface area contributed by atoms with Crippen LogP contribution >= 0.6 is 23.5 Å². The molecule has 0 bridgehead atoms. The molecule has 1 heterocycles. The minimum atomic E-state index is -0.215. The van der Waals surface area contributed by atoms with Crippen molar-refractivity contribution in [3.63, 3.8) is 0 Å². The number of aromatic nitrogens is 1. The van der Waals surface area contributed by atoms with Crippen molar-refractivity contribution in [1.82, 2.24) is 10.3 Å². The molecule has 0 saturated heterocycles. The fourth-order valence-corrected chi connectivity index (χ4v) is 3.64. The number of thioether (sulfide) groups is 2. The van der Waals surface area contributed by atoms with Crippen LogP contribution in [0.4, 0.5) is 4.39 Å². The lowest BCUT2D eigenvalue weighted by Gasteiger charge is -2.05. The molecule has 128 valence electrons. The van der Waals surface area contributed by atoms with Crippen molar-refractivity contribution < 1.29 is 9.18 Å². The summed E-state index contributed by atoms with van der Waals surface area (Å²) < 4.78 is 12.8. The molecule has 0 radical (unpaired) electrons. The first kappa shape index (κ1) is 18.8. The molecule has 1 aromatic carbocycles. The lowest BCUT2D eigenvalue weighted by molar-refractivity contribution is -0.120. The van der Waals surface area contributed by atoms with Crippen LogP contribution in [0.2, 0.25) is 0 Å². The number of amides is 1. The topological polar surface area (TPSA) is 42.0 Å². The van der Waals surface area contributed by atoms with E-state index in [9.17, 15) is 9.18 Å². The van der Waals surface area contributed by atoms with Crippen molar-refractivity contribution in [2.24, 2.45) is 0 Å². The van der Waals surface area contributed by atoms with Gasteiger partial charge in [0.15, 0.2) is 0 Å². The van der Waals surface area contributed by atoms with Crippen molar-refractivity contribution in [1.29, 1.82) is 0 Å². The number of nitrogens with one attached hydrogen (secondary N) is 1. The molecule has 0 spiro atoms. The maximum absolute atomic E-state index is 12.8. The molecule has 2 rings (SSSR count). The fourth-order valence-electron chi connectivity index (χ4n) is 1.93. The first-order valence-corrected chi connectivity index (χ1v) is 10.0. The van der Waals surface area contributed by atoms with E-state index in [1.54, 1.807) is 41.9 Å². The smallest absolute Gasteiger partial charge is 0.220 e. The predicted octanol–water partition coefficient (Wildman–Crippen LogP) is 4.14. The van der Waals surface area contributed by atoms with Gasteiger partial charge in [-0.2, -0.15) is 11.8 Å². The highest BCUT2D eigenvalue weighted by molar-refractivity contribution is 7.99. The molecular weight excluding hydrogens is 343 g/mol. The Bertz CT molecular complexity index is 608. The average molecular weight is 365 g/mol. The summed E-state index contributed by atoms with van der Waals surface area (Å²) in [6.07, 6.45) is 3.21. The number of pyridine rings is 1. The van der Waals surface area contributed by atoms with Gasteiger partial charge in [0.2, 0.25) is 5.91 Å². The Hall–Kier alpha value is -1.53. The van der Waals surface area contributed by atoms with Crippen LogP contribution < -0.4 is 5.32 Å². The molecule has 0 saturated carbocycles. The number of hydrogen-bond acceptors (Lipinski definition) is 4. The summed E-state index contributed by atoms with van der Waals surface area (Å²) in [6, 6.07) is 12.3. The van der Waals surface area contributed by atoms with Gasteiger partial charge in [-0.1, -0.05) is 6.07 Å². The van der Waals surface area contributed by atoms with Gasteiger partial charge in [0.1, 0.15) is 5.82 Å². The highest BCUT2D eigenvalue weighted by Crippen LogP contribution is 2.18. The third-order valence-electron chi connectivity index (χ3n) is 3.18. The van der Waals surface area contributed by atoms with E-state index >= 15 is 0 Å². The molecule has 3 nitrogen and oxygen atoms in total. The number of carbonyl (C=O) groups is 1. The van der Waals surface area contributed by atoms with Crippen molar-refractivity contribution in [2.75, 3.05) is 18.1 Å². The van der Waals surface area contributed by atoms with E-state index in [1.807, 2.05) is 18.2 Å². The molecule has 0 aliphatic rings. The zero-order valence-electron chi connectivity index (χ0n) is 13.4. The van der Waals surface area contributed by atoms with Gasteiger partial charge in [-0.3, -0.25) is 9.78 Å². The van der Waals surface area contributed by atoms with Crippen LogP contribution in [0.25, 0.3) is 0 Å². The molecule has 1 amide bonds. The van der Waals surface area contributed by atoms with Gasteiger partial charge in [-0.25, -0.2) is 4.39 Å². The molecule has 1 aromatic heterocycles. The number of halogens is 1. The lowest BCUT2D eigenvalue weighted by atomic mass is 10.4. The van der Waals surface area contributed by atoms with Crippen LogP contribution in [0.15, 0.2) is 53.6 Å². The van der Waals surface area contributed by atoms with E-state index < -0.39 is 0 Å². The third-order valence-corrected chi connectivity index (χ3v) is 5.27. The SMILES string of the molecule is O=C(CCSCc1ccccn1)NCCCSc1ccc(F)cc1. The Kier molecular flexibility index (Phi) is 8.70.